The van der Waals surface area contributed by atoms with Gasteiger partial charge in [-0.2, -0.15) is 0 Å². The number of likely N-dealkylation sites (tertiary alicyclic amines) is 1. The lowest BCUT2D eigenvalue weighted by Gasteiger charge is -2.29. The van der Waals surface area contributed by atoms with Crippen molar-refractivity contribution in [1.82, 2.24) is 4.90 Å². The Morgan fingerprint density at radius 3 is 3.07 bits per heavy atom. The van der Waals surface area contributed by atoms with Crippen molar-refractivity contribution in [3.8, 4) is 0 Å². The maximum Gasteiger partial charge on any atom is 0.0701 e. The molecule has 84 valence electrons. The van der Waals surface area contributed by atoms with Crippen LogP contribution < -0.4 is 5.73 Å². The molecule has 0 amide bonds. The van der Waals surface area contributed by atoms with Gasteiger partial charge in [0.15, 0.2) is 0 Å². The predicted octanol–water partition coefficient (Wildman–Crippen LogP) is 2.99. The van der Waals surface area contributed by atoms with Crippen molar-refractivity contribution in [2.75, 3.05) is 13.1 Å². The van der Waals surface area contributed by atoms with E-state index in [0.717, 1.165) is 6.54 Å². The number of rotatable bonds is 3. The quantitative estimate of drug-likeness (QED) is 0.927. The minimum absolute atomic E-state index is 0.511. The summed E-state index contributed by atoms with van der Waals surface area (Å²) in [5, 5.41) is 0. The van der Waals surface area contributed by atoms with Crippen molar-refractivity contribution in [2.24, 2.45) is 5.73 Å². The van der Waals surface area contributed by atoms with Crippen LogP contribution in [0.2, 0.25) is 0 Å². The fraction of sp³-hybridized carbons (Fsp3) is 0.636. The molecule has 2 heterocycles. The Morgan fingerprint density at radius 2 is 2.47 bits per heavy atom. The number of hydrogen-bond donors (Lipinski definition) is 1. The Balaban J connectivity index is 2.10. The molecule has 0 aromatic carbocycles. The third-order valence-corrected chi connectivity index (χ3v) is 4.99. The standard InChI is InChI=1S/C11H17BrN2S/c1-8(10-4-5-11(12)15-10)14-6-2-3-9(14)7-13/h4-5,8-9H,2-3,6-7,13H2,1H3. The maximum atomic E-state index is 5.80. The molecular formula is C11H17BrN2S. The summed E-state index contributed by atoms with van der Waals surface area (Å²) in [5.74, 6) is 0. The van der Waals surface area contributed by atoms with Gasteiger partial charge in [0.25, 0.3) is 0 Å². The molecule has 1 aromatic rings. The van der Waals surface area contributed by atoms with Crippen LogP contribution in [0.5, 0.6) is 0 Å². The third-order valence-electron chi connectivity index (χ3n) is 3.20. The van der Waals surface area contributed by atoms with E-state index in [1.54, 1.807) is 0 Å². The normalized spacial score (nSPS) is 24.6. The van der Waals surface area contributed by atoms with Crippen molar-refractivity contribution < 1.29 is 0 Å². The second kappa shape index (κ2) is 4.95. The number of nitrogens with zero attached hydrogens (tertiary/aromatic N) is 1. The lowest BCUT2D eigenvalue weighted by atomic mass is 10.2. The highest BCUT2D eigenvalue weighted by Crippen LogP contribution is 2.34. The molecule has 0 aliphatic carbocycles. The minimum atomic E-state index is 0.511. The first-order chi connectivity index (χ1) is 7.22. The Bertz CT molecular complexity index is 326. The Kier molecular flexibility index (Phi) is 3.83. The van der Waals surface area contributed by atoms with Crippen LogP contribution in [0.4, 0.5) is 0 Å². The lowest BCUT2D eigenvalue weighted by molar-refractivity contribution is 0.199. The summed E-state index contributed by atoms with van der Waals surface area (Å²) >= 11 is 5.35. The second-order valence-corrected chi connectivity index (χ2v) is 6.58. The highest BCUT2D eigenvalue weighted by atomic mass is 79.9. The van der Waals surface area contributed by atoms with E-state index in [1.807, 2.05) is 11.3 Å². The summed E-state index contributed by atoms with van der Waals surface area (Å²) in [6.45, 7) is 4.27. The van der Waals surface area contributed by atoms with Crippen molar-refractivity contribution in [3.63, 3.8) is 0 Å². The van der Waals surface area contributed by atoms with Gasteiger partial charge >= 0.3 is 0 Å². The number of thiophene rings is 1. The van der Waals surface area contributed by atoms with Crippen LogP contribution in [0.1, 0.15) is 30.7 Å². The third kappa shape index (κ3) is 2.44. The van der Waals surface area contributed by atoms with Crippen LogP contribution in [0.25, 0.3) is 0 Å². The molecule has 0 saturated carbocycles. The molecule has 0 radical (unpaired) electrons. The summed E-state index contributed by atoms with van der Waals surface area (Å²) in [6.07, 6.45) is 2.55. The van der Waals surface area contributed by atoms with E-state index >= 15 is 0 Å². The Labute approximate surface area is 104 Å². The molecule has 0 bridgehead atoms. The van der Waals surface area contributed by atoms with Gasteiger partial charge in [-0.15, -0.1) is 11.3 Å². The molecule has 1 aliphatic heterocycles. The van der Waals surface area contributed by atoms with E-state index in [9.17, 15) is 0 Å². The van der Waals surface area contributed by atoms with Gasteiger partial charge in [0.1, 0.15) is 0 Å². The van der Waals surface area contributed by atoms with E-state index in [4.69, 9.17) is 5.73 Å². The van der Waals surface area contributed by atoms with Crippen LogP contribution in [0.15, 0.2) is 15.9 Å². The van der Waals surface area contributed by atoms with Crippen molar-refractivity contribution in [1.29, 1.82) is 0 Å². The van der Waals surface area contributed by atoms with Gasteiger partial charge in [0, 0.05) is 23.5 Å². The van der Waals surface area contributed by atoms with Gasteiger partial charge in [-0.05, 0) is 54.4 Å². The van der Waals surface area contributed by atoms with Crippen LogP contribution >= 0.6 is 27.3 Å². The molecule has 0 spiro atoms. The fourth-order valence-electron chi connectivity index (χ4n) is 2.34. The van der Waals surface area contributed by atoms with E-state index in [1.165, 1.54) is 28.0 Å². The smallest absolute Gasteiger partial charge is 0.0701 e. The van der Waals surface area contributed by atoms with E-state index in [-0.39, 0.29) is 0 Å². The van der Waals surface area contributed by atoms with Gasteiger partial charge < -0.3 is 5.73 Å². The molecule has 1 saturated heterocycles. The summed E-state index contributed by atoms with van der Waals surface area (Å²) in [6, 6.07) is 5.44. The largest absolute Gasteiger partial charge is 0.329 e. The van der Waals surface area contributed by atoms with Gasteiger partial charge in [0.05, 0.1) is 3.79 Å². The van der Waals surface area contributed by atoms with Gasteiger partial charge in [0.2, 0.25) is 0 Å². The SMILES string of the molecule is CC(c1ccc(Br)s1)N1CCCC1CN. The van der Waals surface area contributed by atoms with Crippen molar-refractivity contribution in [3.05, 3.63) is 20.8 Å². The van der Waals surface area contributed by atoms with E-state index in [0.29, 0.717) is 12.1 Å². The molecule has 2 N–H and O–H groups in total. The average molecular weight is 289 g/mol. The highest BCUT2D eigenvalue weighted by molar-refractivity contribution is 9.11. The molecule has 1 aromatic heterocycles. The topological polar surface area (TPSA) is 29.3 Å². The predicted molar refractivity (Wildman–Crippen MR) is 69.2 cm³/mol. The molecule has 15 heavy (non-hydrogen) atoms. The first kappa shape index (κ1) is 11.6. The zero-order valence-electron chi connectivity index (χ0n) is 8.95. The second-order valence-electron chi connectivity index (χ2n) is 4.09. The van der Waals surface area contributed by atoms with Crippen LogP contribution in [-0.2, 0) is 0 Å². The fourth-order valence-corrected chi connectivity index (χ4v) is 3.83. The zero-order valence-corrected chi connectivity index (χ0v) is 11.4. The molecule has 1 aliphatic rings. The minimum Gasteiger partial charge on any atom is -0.329 e. The van der Waals surface area contributed by atoms with Crippen LogP contribution in [0.3, 0.4) is 0 Å². The van der Waals surface area contributed by atoms with Crippen LogP contribution in [-0.4, -0.2) is 24.0 Å². The molecule has 1 fully saturated rings. The van der Waals surface area contributed by atoms with Crippen molar-refractivity contribution >= 4 is 27.3 Å². The van der Waals surface area contributed by atoms with E-state index in [2.05, 4.69) is 39.9 Å². The highest BCUT2D eigenvalue weighted by Gasteiger charge is 2.28. The molecule has 4 heteroatoms. The maximum absolute atomic E-state index is 5.80. The number of nitrogens with two attached hydrogens (primary N) is 1. The van der Waals surface area contributed by atoms with Crippen LogP contribution in [0, 0.1) is 0 Å². The summed E-state index contributed by atoms with van der Waals surface area (Å²) in [5.41, 5.74) is 5.80. The molecule has 2 rings (SSSR count). The first-order valence-electron chi connectivity index (χ1n) is 5.43. The number of hydrogen-bond acceptors (Lipinski definition) is 3. The van der Waals surface area contributed by atoms with Gasteiger partial charge in [-0.1, -0.05) is 0 Å². The average Bonchev–Trinajstić information content (AvgIpc) is 2.84. The monoisotopic (exact) mass is 288 g/mol. The Hall–Kier alpha value is 0.1000. The molecule has 2 atom stereocenters. The summed E-state index contributed by atoms with van der Waals surface area (Å²) in [4.78, 5) is 3.97. The Morgan fingerprint density at radius 1 is 1.67 bits per heavy atom. The first-order valence-corrected chi connectivity index (χ1v) is 7.04. The summed E-state index contributed by atoms with van der Waals surface area (Å²) < 4.78 is 1.22. The molecule has 2 nitrogen and oxygen atoms in total. The van der Waals surface area contributed by atoms with Crippen molar-refractivity contribution in [2.45, 2.75) is 31.8 Å². The summed E-state index contributed by atoms with van der Waals surface area (Å²) in [7, 11) is 0. The molecule has 2 unspecified atom stereocenters. The molecular weight excluding hydrogens is 272 g/mol. The number of halogens is 1. The van der Waals surface area contributed by atoms with Gasteiger partial charge in [-0.3, -0.25) is 4.90 Å². The van der Waals surface area contributed by atoms with Gasteiger partial charge in [-0.25, -0.2) is 0 Å². The zero-order chi connectivity index (χ0) is 10.8. The van der Waals surface area contributed by atoms with E-state index < -0.39 is 0 Å². The lowest BCUT2D eigenvalue weighted by Crippen LogP contribution is -2.36.